The van der Waals surface area contributed by atoms with E-state index in [1.54, 1.807) is 12.2 Å². The first-order valence-electron chi connectivity index (χ1n) is 7.09. The molecule has 0 radical (unpaired) electrons. The van der Waals surface area contributed by atoms with Gasteiger partial charge >= 0.3 is 0 Å². The summed E-state index contributed by atoms with van der Waals surface area (Å²) in [6.45, 7) is -0.400. The van der Waals surface area contributed by atoms with Crippen LogP contribution in [0.5, 0.6) is 0 Å². The van der Waals surface area contributed by atoms with Crippen molar-refractivity contribution in [1.82, 2.24) is 0 Å². The van der Waals surface area contributed by atoms with Crippen LogP contribution < -0.4 is 4.90 Å². The van der Waals surface area contributed by atoms with Crippen LogP contribution in [-0.2, 0) is 14.3 Å². The zero-order chi connectivity index (χ0) is 16.4. The zero-order valence-electron chi connectivity index (χ0n) is 11.8. The first-order valence-corrected chi connectivity index (χ1v) is 7.09. The summed E-state index contributed by atoms with van der Waals surface area (Å²) in [6, 6.07) is 5.39. The fourth-order valence-electron chi connectivity index (χ4n) is 3.68. The molecule has 0 saturated carbocycles. The molecule has 0 unspecified atom stereocenters. The fraction of sp³-hybridized carbons (Fsp3) is 0.333. The van der Waals surface area contributed by atoms with Gasteiger partial charge in [-0.25, -0.2) is 4.90 Å². The third-order valence-electron chi connectivity index (χ3n) is 4.70. The van der Waals surface area contributed by atoms with Gasteiger partial charge in [0.1, 0.15) is 5.60 Å². The first kappa shape index (κ1) is 14.0. The molecule has 0 aliphatic carbocycles. The van der Waals surface area contributed by atoms with Crippen molar-refractivity contribution in [3.05, 3.63) is 46.5 Å². The second kappa shape index (κ2) is 4.46. The molecule has 1 aromatic carbocycles. The van der Waals surface area contributed by atoms with Crippen molar-refractivity contribution in [2.75, 3.05) is 11.5 Å². The van der Waals surface area contributed by atoms with E-state index < -0.39 is 46.9 Å². The molecule has 2 fully saturated rings. The minimum absolute atomic E-state index is 0.163. The Balaban J connectivity index is 1.76. The van der Waals surface area contributed by atoms with Crippen LogP contribution in [0.25, 0.3) is 0 Å². The smallest absolute Gasteiger partial charge is 0.271 e. The summed E-state index contributed by atoms with van der Waals surface area (Å²) in [7, 11) is 0. The SMILES string of the molecule is O=C1[C@H]2[C@@H](C(=O)N1c1cccc([N+](=O)[O-])c1)[C@]1(CO)C=C[C@H]2O1. The quantitative estimate of drug-likeness (QED) is 0.374. The number of aliphatic hydroxyl groups excluding tert-OH is 1. The van der Waals surface area contributed by atoms with Crippen molar-refractivity contribution in [2.24, 2.45) is 11.8 Å². The number of carbonyl (C=O) groups excluding carboxylic acids is 2. The van der Waals surface area contributed by atoms with Crippen LogP contribution in [0.15, 0.2) is 36.4 Å². The Bertz CT molecular complexity index is 775. The van der Waals surface area contributed by atoms with Gasteiger partial charge in [0.05, 0.1) is 35.2 Å². The third-order valence-corrected chi connectivity index (χ3v) is 4.70. The fourth-order valence-corrected chi connectivity index (χ4v) is 3.68. The number of aliphatic hydroxyl groups is 1. The molecule has 4 rings (SSSR count). The Morgan fingerprint density at radius 2 is 2.13 bits per heavy atom. The molecule has 3 aliphatic heterocycles. The number of amides is 2. The van der Waals surface area contributed by atoms with E-state index >= 15 is 0 Å². The van der Waals surface area contributed by atoms with Crippen molar-refractivity contribution in [3.63, 3.8) is 0 Å². The normalized spacial score (nSPS) is 34.3. The van der Waals surface area contributed by atoms with Crippen LogP contribution in [0, 0.1) is 22.0 Å². The number of non-ortho nitro benzene ring substituents is 1. The van der Waals surface area contributed by atoms with Crippen LogP contribution in [-0.4, -0.2) is 40.2 Å². The number of ether oxygens (including phenoxy) is 1. The number of nitro groups is 1. The Kier molecular flexibility index (Phi) is 2.72. The summed E-state index contributed by atoms with van der Waals surface area (Å²) < 4.78 is 5.63. The topological polar surface area (TPSA) is 110 Å². The van der Waals surface area contributed by atoms with E-state index in [-0.39, 0.29) is 11.4 Å². The molecule has 8 heteroatoms. The molecule has 118 valence electrons. The first-order chi connectivity index (χ1) is 11.0. The number of nitro benzene ring substituents is 1. The molecular formula is C15H12N2O6. The van der Waals surface area contributed by atoms with Gasteiger partial charge in [-0.3, -0.25) is 19.7 Å². The summed E-state index contributed by atoms with van der Waals surface area (Å²) in [5, 5.41) is 20.5. The second-order valence-electron chi connectivity index (χ2n) is 5.85. The summed E-state index contributed by atoms with van der Waals surface area (Å²) >= 11 is 0. The molecule has 23 heavy (non-hydrogen) atoms. The van der Waals surface area contributed by atoms with Gasteiger partial charge in [0.25, 0.3) is 5.69 Å². The van der Waals surface area contributed by atoms with Gasteiger partial charge in [-0.05, 0) is 6.07 Å². The van der Waals surface area contributed by atoms with Crippen LogP contribution in [0.1, 0.15) is 0 Å². The van der Waals surface area contributed by atoms with E-state index in [0.717, 1.165) is 4.90 Å². The molecule has 2 amide bonds. The van der Waals surface area contributed by atoms with E-state index in [1.165, 1.54) is 24.3 Å². The third kappa shape index (κ3) is 1.67. The molecule has 3 aliphatic rings. The van der Waals surface area contributed by atoms with Gasteiger partial charge in [-0.15, -0.1) is 0 Å². The number of fused-ring (bicyclic) bond motifs is 5. The van der Waals surface area contributed by atoms with Crippen molar-refractivity contribution in [2.45, 2.75) is 11.7 Å². The molecule has 3 heterocycles. The lowest BCUT2D eigenvalue weighted by atomic mass is 9.77. The van der Waals surface area contributed by atoms with Gasteiger partial charge in [-0.2, -0.15) is 0 Å². The predicted octanol–water partition coefficient (Wildman–Crippen LogP) is 0.400. The maximum Gasteiger partial charge on any atom is 0.271 e. The highest BCUT2D eigenvalue weighted by Gasteiger charge is 2.67. The van der Waals surface area contributed by atoms with Crippen LogP contribution in [0.2, 0.25) is 0 Å². The number of hydrogen-bond donors (Lipinski definition) is 1. The highest BCUT2D eigenvalue weighted by Crippen LogP contribution is 2.52. The number of anilines is 1. The van der Waals surface area contributed by atoms with E-state index in [4.69, 9.17) is 4.74 Å². The number of hydrogen-bond acceptors (Lipinski definition) is 6. The maximum absolute atomic E-state index is 12.7. The minimum atomic E-state index is -1.17. The summed E-state index contributed by atoms with van der Waals surface area (Å²) in [5.74, 6) is -2.44. The molecule has 8 nitrogen and oxygen atoms in total. The number of carbonyl (C=O) groups is 2. The van der Waals surface area contributed by atoms with E-state index in [1.807, 2.05) is 0 Å². The van der Waals surface area contributed by atoms with E-state index in [0.29, 0.717) is 0 Å². The minimum Gasteiger partial charge on any atom is -0.393 e. The van der Waals surface area contributed by atoms with Gasteiger partial charge < -0.3 is 9.84 Å². The van der Waals surface area contributed by atoms with Gasteiger partial charge in [0, 0.05) is 12.1 Å². The van der Waals surface area contributed by atoms with Crippen molar-refractivity contribution in [3.8, 4) is 0 Å². The Hall–Kier alpha value is -2.58. The Morgan fingerprint density at radius 1 is 1.35 bits per heavy atom. The maximum atomic E-state index is 12.7. The predicted molar refractivity (Wildman–Crippen MR) is 76.4 cm³/mol. The summed E-state index contributed by atoms with van der Waals surface area (Å²) in [4.78, 5) is 36.7. The molecule has 1 aromatic rings. The number of rotatable bonds is 3. The van der Waals surface area contributed by atoms with Crippen molar-refractivity contribution < 1.29 is 24.4 Å². The summed E-state index contributed by atoms with van der Waals surface area (Å²) in [5.41, 5.74) is -1.21. The second-order valence-corrected chi connectivity index (χ2v) is 5.85. The molecule has 1 N–H and O–H groups in total. The number of imide groups is 1. The lowest BCUT2D eigenvalue weighted by Crippen LogP contribution is -2.43. The average molecular weight is 316 g/mol. The molecule has 4 atom stereocenters. The highest BCUT2D eigenvalue weighted by molar-refractivity contribution is 6.23. The molecular weight excluding hydrogens is 304 g/mol. The van der Waals surface area contributed by atoms with Gasteiger partial charge in [0.2, 0.25) is 11.8 Å². The zero-order valence-corrected chi connectivity index (χ0v) is 11.8. The summed E-state index contributed by atoms with van der Waals surface area (Å²) in [6.07, 6.45) is 2.76. The van der Waals surface area contributed by atoms with Gasteiger partial charge in [0.15, 0.2) is 0 Å². The number of nitrogens with zero attached hydrogens (tertiary/aromatic N) is 2. The Morgan fingerprint density at radius 3 is 2.83 bits per heavy atom. The molecule has 2 bridgehead atoms. The molecule has 0 spiro atoms. The monoisotopic (exact) mass is 316 g/mol. The van der Waals surface area contributed by atoms with Crippen LogP contribution >= 0.6 is 0 Å². The van der Waals surface area contributed by atoms with E-state index in [9.17, 15) is 24.8 Å². The van der Waals surface area contributed by atoms with Crippen molar-refractivity contribution in [1.29, 1.82) is 0 Å². The lowest BCUT2D eigenvalue weighted by molar-refractivity contribution is -0.384. The number of benzene rings is 1. The van der Waals surface area contributed by atoms with Crippen LogP contribution in [0.4, 0.5) is 11.4 Å². The highest BCUT2D eigenvalue weighted by atomic mass is 16.6. The average Bonchev–Trinajstić information content (AvgIpc) is 3.18. The standard InChI is InChI=1S/C15H12N2O6/c18-7-15-5-4-10(23-15)11-12(15)14(20)16(13(11)19)8-2-1-3-9(6-8)17(21)22/h1-6,10-12,18H,7H2/t10-,11-,12+,15-/m1/s1. The van der Waals surface area contributed by atoms with E-state index in [2.05, 4.69) is 0 Å². The van der Waals surface area contributed by atoms with Gasteiger partial charge in [-0.1, -0.05) is 18.2 Å². The largest absolute Gasteiger partial charge is 0.393 e. The lowest BCUT2D eigenvalue weighted by Gasteiger charge is -2.26. The molecule has 2 saturated heterocycles. The molecule has 0 aromatic heterocycles. The van der Waals surface area contributed by atoms with Crippen LogP contribution in [0.3, 0.4) is 0 Å². The van der Waals surface area contributed by atoms with Crippen molar-refractivity contribution >= 4 is 23.2 Å². The Labute approximate surface area is 130 Å².